The highest BCUT2D eigenvalue weighted by atomic mass is 16.5. The zero-order valence-electron chi connectivity index (χ0n) is 21.3. The quantitative estimate of drug-likeness (QED) is 0.338. The molecule has 188 valence electrons. The van der Waals surface area contributed by atoms with Crippen LogP contribution in [0.4, 0.5) is 4.79 Å². The second-order valence-corrected chi connectivity index (χ2v) is 8.74. The Morgan fingerprint density at radius 3 is 1.59 bits per heavy atom. The molecule has 0 heterocycles. The summed E-state index contributed by atoms with van der Waals surface area (Å²) in [5, 5.41) is 10.4. The van der Waals surface area contributed by atoms with Crippen LogP contribution in [0.15, 0.2) is 0 Å². The molecule has 2 unspecified atom stereocenters. The number of ether oxygens (including phenoxy) is 1. The van der Waals surface area contributed by atoms with E-state index in [0.717, 1.165) is 19.3 Å². The van der Waals surface area contributed by atoms with Crippen LogP contribution < -0.4 is 21.3 Å². The Morgan fingerprint density at radius 2 is 1.16 bits per heavy atom. The number of rotatable bonds is 13. The van der Waals surface area contributed by atoms with Gasteiger partial charge in [0.05, 0.1) is 13.2 Å². The van der Waals surface area contributed by atoms with Crippen molar-refractivity contribution in [2.24, 2.45) is 11.8 Å². The van der Waals surface area contributed by atoms with E-state index in [4.69, 9.17) is 4.74 Å². The third-order valence-electron chi connectivity index (χ3n) is 4.50. The predicted octanol–water partition coefficient (Wildman–Crippen LogP) is 2.74. The van der Waals surface area contributed by atoms with Crippen molar-refractivity contribution in [2.45, 2.75) is 93.2 Å². The van der Waals surface area contributed by atoms with E-state index in [-0.39, 0.29) is 42.9 Å². The molecule has 0 saturated heterocycles. The van der Waals surface area contributed by atoms with Crippen molar-refractivity contribution in [3.63, 3.8) is 0 Å². The maximum Gasteiger partial charge on any atom is 0.407 e. The minimum atomic E-state index is -0.542. The summed E-state index contributed by atoms with van der Waals surface area (Å²) in [7, 11) is 0. The smallest absolute Gasteiger partial charge is 0.407 e. The van der Waals surface area contributed by atoms with E-state index in [1.165, 1.54) is 0 Å². The second-order valence-electron chi connectivity index (χ2n) is 8.74. The Hall–Kier alpha value is -2.32. The van der Waals surface area contributed by atoms with E-state index in [1.807, 2.05) is 41.5 Å². The van der Waals surface area contributed by atoms with Crippen molar-refractivity contribution in [1.82, 2.24) is 21.3 Å². The van der Waals surface area contributed by atoms with Crippen molar-refractivity contribution >= 4 is 23.8 Å². The average molecular weight is 459 g/mol. The van der Waals surface area contributed by atoms with Gasteiger partial charge in [-0.3, -0.25) is 14.4 Å². The monoisotopic (exact) mass is 458 g/mol. The van der Waals surface area contributed by atoms with E-state index in [1.54, 1.807) is 0 Å². The Balaban J connectivity index is 0. The minimum absolute atomic E-state index is 0.0424. The summed E-state index contributed by atoms with van der Waals surface area (Å²) in [6, 6.07) is 0.190. The highest BCUT2D eigenvalue weighted by Crippen LogP contribution is 2.08. The summed E-state index contributed by atoms with van der Waals surface area (Å²) in [5.74, 6) is 0.520. The van der Waals surface area contributed by atoms with Crippen LogP contribution in [0.2, 0.25) is 0 Å². The molecule has 9 heteroatoms. The molecule has 0 bridgehead atoms. The number of alkyl carbamates (subject to hydrolysis) is 1. The number of amides is 4. The first kappa shape index (κ1) is 31.9. The van der Waals surface area contributed by atoms with Gasteiger partial charge in [0.1, 0.15) is 6.54 Å². The highest BCUT2D eigenvalue weighted by Gasteiger charge is 2.09. The first-order chi connectivity index (χ1) is 14.9. The van der Waals surface area contributed by atoms with Gasteiger partial charge in [0.15, 0.2) is 0 Å². The zero-order chi connectivity index (χ0) is 25.1. The van der Waals surface area contributed by atoms with Crippen molar-refractivity contribution in [3.05, 3.63) is 0 Å². The molecule has 0 aliphatic carbocycles. The zero-order valence-corrected chi connectivity index (χ0v) is 21.3. The SMILES string of the molecule is CCC(C)CCC(=O)NCC(=O)NC(C)C.CCC(C)COC(=O)NCC(=O)NC(C)C. The maximum atomic E-state index is 11.4. The molecule has 4 N–H and O–H groups in total. The summed E-state index contributed by atoms with van der Waals surface area (Å²) in [5.41, 5.74) is 0. The first-order valence-electron chi connectivity index (χ1n) is 11.7. The number of carbonyl (C=O) groups is 4. The van der Waals surface area contributed by atoms with E-state index in [0.29, 0.717) is 24.9 Å². The lowest BCUT2D eigenvalue weighted by Gasteiger charge is -2.11. The summed E-state index contributed by atoms with van der Waals surface area (Å²) < 4.78 is 4.92. The van der Waals surface area contributed by atoms with E-state index < -0.39 is 6.09 Å². The Kier molecular flexibility index (Phi) is 19.3. The van der Waals surface area contributed by atoms with E-state index in [2.05, 4.69) is 35.1 Å². The van der Waals surface area contributed by atoms with Gasteiger partial charge in [0, 0.05) is 18.5 Å². The average Bonchev–Trinajstić information content (AvgIpc) is 2.72. The van der Waals surface area contributed by atoms with Crippen molar-refractivity contribution in [3.8, 4) is 0 Å². The van der Waals surface area contributed by atoms with E-state index in [9.17, 15) is 19.2 Å². The summed E-state index contributed by atoms with van der Waals surface area (Å²) in [6.45, 7) is 16.2. The fraction of sp³-hybridized carbons (Fsp3) is 0.826. The van der Waals surface area contributed by atoms with Crippen molar-refractivity contribution in [1.29, 1.82) is 0 Å². The highest BCUT2D eigenvalue weighted by molar-refractivity contribution is 5.84. The molecule has 0 radical (unpaired) electrons. The molecule has 9 nitrogen and oxygen atoms in total. The molecule has 0 spiro atoms. The molecule has 0 aromatic rings. The molecular weight excluding hydrogens is 412 g/mol. The van der Waals surface area contributed by atoms with Crippen LogP contribution in [0.1, 0.15) is 81.1 Å². The van der Waals surface area contributed by atoms with Gasteiger partial charge in [-0.25, -0.2) is 4.79 Å². The number of hydrogen-bond donors (Lipinski definition) is 4. The lowest BCUT2D eigenvalue weighted by molar-refractivity contribution is -0.126. The van der Waals surface area contributed by atoms with Gasteiger partial charge < -0.3 is 26.0 Å². The molecule has 0 aliphatic rings. The molecule has 0 aliphatic heterocycles. The molecule has 0 saturated carbocycles. The molecular formula is C23H46N4O5. The second kappa shape index (κ2) is 19.4. The third-order valence-corrected chi connectivity index (χ3v) is 4.50. The normalized spacial score (nSPS) is 12.2. The van der Waals surface area contributed by atoms with Gasteiger partial charge in [0.2, 0.25) is 17.7 Å². The standard InChI is InChI=1S/C12H24N2O2.C11H22N2O3/c1-5-10(4)6-7-11(15)13-8-12(16)14-9(2)3;1-5-9(4)7-16-11(15)12-6-10(14)13-8(2)3/h9-10H,5-8H2,1-4H3,(H,13,15)(H,14,16);8-9H,5-7H2,1-4H3,(H,12,15)(H,13,14). The molecule has 32 heavy (non-hydrogen) atoms. The minimum Gasteiger partial charge on any atom is -0.449 e. The van der Waals surface area contributed by atoms with Crippen LogP contribution >= 0.6 is 0 Å². The Bertz CT molecular complexity index is 505. The third kappa shape index (κ3) is 22.4. The molecule has 4 amide bonds. The van der Waals surface area contributed by atoms with Crippen LogP contribution in [-0.2, 0) is 19.1 Å². The molecule has 0 rings (SSSR count). The number of hydrogen-bond acceptors (Lipinski definition) is 5. The fourth-order valence-electron chi connectivity index (χ4n) is 2.13. The number of carbonyl (C=O) groups excluding carboxylic acids is 4. The molecule has 0 fully saturated rings. The van der Waals surface area contributed by atoms with Crippen molar-refractivity contribution < 1.29 is 23.9 Å². The molecule has 0 aromatic heterocycles. The van der Waals surface area contributed by atoms with Gasteiger partial charge in [-0.15, -0.1) is 0 Å². The fourth-order valence-corrected chi connectivity index (χ4v) is 2.13. The van der Waals surface area contributed by atoms with Crippen molar-refractivity contribution in [2.75, 3.05) is 19.7 Å². The summed E-state index contributed by atoms with van der Waals surface area (Å²) >= 11 is 0. The van der Waals surface area contributed by atoms with Crippen LogP contribution in [0.5, 0.6) is 0 Å². The van der Waals surface area contributed by atoms with Crippen LogP contribution in [0.3, 0.4) is 0 Å². The van der Waals surface area contributed by atoms with E-state index >= 15 is 0 Å². The van der Waals surface area contributed by atoms with Crippen LogP contribution in [0, 0.1) is 11.8 Å². The lowest BCUT2D eigenvalue weighted by atomic mass is 10.0. The largest absolute Gasteiger partial charge is 0.449 e. The topological polar surface area (TPSA) is 126 Å². The maximum absolute atomic E-state index is 11.4. The summed E-state index contributed by atoms with van der Waals surface area (Å²) in [4.78, 5) is 44.9. The van der Waals surface area contributed by atoms with Gasteiger partial charge >= 0.3 is 6.09 Å². The van der Waals surface area contributed by atoms with Crippen LogP contribution in [0.25, 0.3) is 0 Å². The first-order valence-corrected chi connectivity index (χ1v) is 11.7. The number of nitrogens with one attached hydrogen (secondary N) is 4. The van der Waals surface area contributed by atoms with Crippen LogP contribution in [-0.4, -0.2) is 55.6 Å². The van der Waals surface area contributed by atoms with Gasteiger partial charge in [-0.2, -0.15) is 0 Å². The molecule has 2 atom stereocenters. The Labute approximate surface area is 194 Å². The molecule has 0 aromatic carbocycles. The Morgan fingerprint density at radius 1 is 0.688 bits per heavy atom. The van der Waals surface area contributed by atoms with Gasteiger partial charge in [0.25, 0.3) is 0 Å². The summed E-state index contributed by atoms with van der Waals surface area (Å²) in [6.07, 6.45) is 2.89. The predicted molar refractivity (Wildman–Crippen MR) is 127 cm³/mol. The lowest BCUT2D eigenvalue weighted by Crippen LogP contribution is -2.40. The van der Waals surface area contributed by atoms with Gasteiger partial charge in [-0.05, 0) is 46.0 Å². The van der Waals surface area contributed by atoms with Gasteiger partial charge in [-0.1, -0.05) is 40.5 Å².